The maximum Gasteiger partial charge on any atom is 0.456 e. The van der Waals surface area contributed by atoms with Crippen LogP contribution in [-0.2, 0) is 14.5 Å². The van der Waals surface area contributed by atoms with Crippen molar-refractivity contribution in [2.45, 2.75) is 0 Å². The van der Waals surface area contributed by atoms with Crippen molar-refractivity contribution in [2.24, 2.45) is 0 Å². The number of carbonyl (C=O) groups excluding carboxylic acids is 1. The summed E-state index contributed by atoms with van der Waals surface area (Å²) in [5.74, 6) is -3.84. The minimum atomic E-state index is -1.94. The molecule has 0 aromatic heterocycles. The molecule has 0 heterocycles. The van der Waals surface area contributed by atoms with Gasteiger partial charge in [-0.05, 0) is 0 Å². The van der Waals surface area contributed by atoms with Crippen molar-refractivity contribution in [3.63, 3.8) is 0 Å². The topological polar surface area (TPSA) is 63.6 Å². The molecule has 0 saturated heterocycles. The Morgan fingerprint density at radius 2 is 2.00 bits per heavy atom. The molecule has 0 rings (SSSR count). The Kier molecular flexibility index (Phi) is 1.78. The fourth-order valence-corrected chi connectivity index (χ4v) is 0.0330. The van der Waals surface area contributed by atoms with Gasteiger partial charge in [0.2, 0.25) is 0 Å². The maximum absolute atomic E-state index is 10.4. The molecule has 0 saturated carbocycles. The van der Waals surface area contributed by atoms with Gasteiger partial charge in [0.25, 0.3) is 0 Å². The molecule has 0 bridgehead atoms. The van der Waals surface area contributed by atoms with Crippen molar-refractivity contribution in [1.82, 2.24) is 0 Å². The molecule has 0 radical (unpaired) electrons. The molecule has 0 aromatic carbocycles. The summed E-state index contributed by atoms with van der Waals surface area (Å²) in [6.45, 7) is 0. The van der Waals surface area contributed by atoms with Crippen LogP contribution >= 0.6 is 0 Å². The predicted octanol–water partition coefficient (Wildman–Crippen LogP) is -0.501. The van der Waals surface area contributed by atoms with E-state index < -0.39 is 11.9 Å². The quantitative estimate of drug-likeness (QED) is 0.425. The third kappa shape index (κ3) is 1.69. The summed E-state index contributed by atoms with van der Waals surface area (Å²) in [7, 11) is 0. The number of hydrogen-bond acceptors (Lipinski definition) is 3. The molecular weight excluding hydrogens is 107 g/mol. The lowest BCUT2D eigenvalue weighted by Crippen LogP contribution is -2.11. The highest BCUT2D eigenvalue weighted by atomic mass is 19.3. The molecule has 0 aliphatic heterocycles. The van der Waals surface area contributed by atoms with E-state index in [2.05, 4.69) is 4.94 Å². The molecule has 0 spiro atoms. The van der Waals surface area contributed by atoms with Crippen LogP contribution in [0.25, 0.3) is 0 Å². The Hall–Kier alpha value is -1.13. The molecule has 0 aromatic rings. The lowest BCUT2D eigenvalue weighted by molar-refractivity contribution is -0.192. The Morgan fingerprint density at radius 3 is 2.00 bits per heavy atom. The number of hydrogen-bond donors (Lipinski definition) is 1. The van der Waals surface area contributed by atoms with Gasteiger partial charge in [-0.2, -0.15) is 0 Å². The molecule has 0 aliphatic carbocycles. The lowest BCUT2D eigenvalue weighted by Gasteiger charge is -1.78. The average molecular weight is 108 g/mol. The number of carboxylic acid groups (broad SMARTS) is 1. The summed E-state index contributed by atoms with van der Waals surface area (Å²) < 4.78 is 10.4. The minimum absolute atomic E-state index is 1.90. The lowest BCUT2D eigenvalue weighted by atomic mass is 10.7. The first-order valence-corrected chi connectivity index (χ1v) is 1.24. The molecule has 7 heavy (non-hydrogen) atoms. The summed E-state index contributed by atoms with van der Waals surface area (Å²) in [5, 5.41) is 7.47. The van der Waals surface area contributed by atoms with Crippen LogP contribution < -0.4 is 0 Å². The largest absolute Gasteiger partial charge is 0.473 e. The first-order valence-electron chi connectivity index (χ1n) is 1.24. The minimum Gasteiger partial charge on any atom is -0.473 e. The zero-order valence-electron chi connectivity index (χ0n) is 3.05. The van der Waals surface area contributed by atoms with E-state index in [1.54, 1.807) is 0 Å². The van der Waals surface area contributed by atoms with Crippen molar-refractivity contribution in [2.75, 3.05) is 0 Å². The molecule has 4 nitrogen and oxygen atoms in total. The number of aliphatic carboxylic acids is 1. The fraction of sp³-hybridized carbons (Fsp3) is 0. The first-order chi connectivity index (χ1) is 3.18. The Morgan fingerprint density at radius 1 is 1.57 bits per heavy atom. The van der Waals surface area contributed by atoms with Gasteiger partial charge in [0.05, 0.1) is 0 Å². The zero-order valence-corrected chi connectivity index (χ0v) is 3.05. The van der Waals surface area contributed by atoms with Gasteiger partial charge in [0.15, 0.2) is 0 Å². The van der Waals surface area contributed by atoms with Crippen LogP contribution in [0.1, 0.15) is 0 Å². The molecule has 1 N–H and O–H groups in total. The first kappa shape index (κ1) is 5.87. The predicted molar refractivity (Wildman–Crippen MR) is 14.8 cm³/mol. The maximum atomic E-state index is 10.4. The fourth-order valence-electron chi connectivity index (χ4n) is 0.0330. The second-order valence-corrected chi connectivity index (χ2v) is 0.670. The van der Waals surface area contributed by atoms with Gasteiger partial charge in [-0.3, -0.25) is 0 Å². The molecule has 0 aliphatic rings. The number of halogens is 1. The Balaban J connectivity index is 3.58. The van der Waals surface area contributed by atoms with Gasteiger partial charge >= 0.3 is 11.9 Å². The van der Waals surface area contributed by atoms with E-state index in [1.807, 2.05) is 0 Å². The van der Waals surface area contributed by atoms with E-state index in [0.717, 1.165) is 0 Å². The summed E-state index contributed by atoms with van der Waals surface area (Å²) in [5.41, 5.74) is 0. The Labute approximate surface area is 37.4 Å². The van der Waals surface area contributed by atoms with E-state index in [1.165, 1.54) is 0 Å². The average Bonchev–Trinajstić information content (AvgIpc) is 1.65. The third-order valence-corrected chi connectivity index (χ3v) is 0.245. The van der Waals surface area contributed by atoms with Crippen LogP contribution in [0.2, 0.25) is 0 Å². The SMILES string of the molecule is O=C(O)C(=O)OF. The van der Waals surface area contributed by atoms with Gasteiger partial charge < -0.3 is 5.11 Å². The van der Waals surface area contributed by atoms with E-state index in [0.29, 0.717) is 0 Å². The summed E-state index contributed by atoms with van der Waals surface area (Å²) in [6, 6.07) is 0. The molecular formula is C2HFO4. The third-order valence-electron chi connectivity index (χ3n) is 0.245. The number of carbonyl (C=O) groups is 2. The molecule has 0 fully saturated rings. The summed E-state index contributed by atoms with van der Waals surface area (Å²) >= 11 is 0. The second-order valence-electron chi connectivity index (χ2n) is 0.670. The van der Waals surface area contributed by atoms with Crippen LogP contribution in [0.5, 0.6) is 0 Å². The van der Waals surface area contributed by atoms with Crippen molar-refractivity contribution in [1.29, 1.82) is 0 Å². The highest BCUT2D eigenvalue weighted by Crippen LogP contribution is 1.74. The van der Waals surface area contributed by atoms with E-state index in [-0.39, 0.29) is 0 Å². The van der Waals surface area contributed by atoms with Crippen molar-refractivity contribution < 1.29 is 24.2 Å². The molecule has 40 valence electrons. The van der Waals surface area contributed by atoms with Gasteiger partial charge in [-0.25, -0.2) is 14.5 Å². The zero-order chi connectivity index (χ0) is 5.86. The van der Waals surface area contributed by atoms with E-state index in [4.69, 9.17) is 5.11 Å². The molecule has 0 amide bonds. The van der Waals surface area contributed by atoms with Crippen molar-refractivity contribution in [3.05, 3.63) is 0 Å². The van der Waals surface area contributed by atoms with Gasteiger partial charge in [-0.1, -0.05) is 0 Å². The molecule has 5 heteroatoms. The van der Waals surface area contributed by atoms with Crippen LogP contribution in [0.15, 0.2) is 0 Å². The summed E-state index contributed by atoms with van der Waals surface area (Å²) in [4.78, 5) is 20.8. The van der Waals surface area contributed by atoms with Gasteiger partial charge in [0.1, 0.15) is 0 Å². The molecule has 0 unspecified atom stereocenters. The van der Waals surface area contributed by atoms with Gasteiger partial charge in [-0.15, -0.1) is 0 Å². The Bertz CT molecular complexity index is 97.9. The van der Waals surface area contributed by atoms with Gasteiger partial charge in [0, 0.05) is 4.53 Å². The monoisotopic (exact) mass is 108 g/mol. The van der Waals surface area contributed by atoms with E-state index in [9.17, 15) is 14.1 Å². The highest BCUT2D eigenvalue weighted by Gasteiger charge is 2.12. The standard InChI is InChI=1S/C2HFO4/c3-7-2(6)1(4)5/h(H,4,5). The molecule has 0 atom stereocenters. The van der Waals surface area contributed by atoms with Crippen molar-refractivity contribution in [3.8, 4) is 0 Å². The smallest absolute Gasteiger partial charge is 0.456 e. The summed E-state index contributed by atoms with van der Waals surface area (Å²) in [6.07, 6.45) is 0. The van der Waals surface area contributed by atoms with E-state index >= 15 is 0 Å². The van der Waals surface area contributed by atoms with Crippen LogP contribution in [0.4, 0.5) is 4.53 Å². The van der Waals surface area contributed by atoms with Crippen molar-refractivity contribution >= 4 is 11.9 Å². The normalized spacial score (nSPS) is 7.57. The second kappa shape index (κ2) is 2.12. The number of carboxylic acids is 1. The van der Waals surface area contributed by atoms with Crippen LogP contribution in [0.3, 0.4) is 0 Å². The number of rotatable bonds is 0. The van der Waals surface area contributed by atoms with Crippen LogP contribution in [-0.4, -0.2) is 17.0 Å². The van der Waals surface area contributed by atoms with Crippen LogP contribution in [0, 0.1) is 0 Å². The highest BCUT2D eigenvalue weighted by molar-refractivity contribution is 6.28.